The molecule has 0 saturated heterocycles. The molecule has 2 aliphatic carbocycles. The van der Waals surface area contributed by atoms with Gasteiger partial charge in [0.25, 0.3) is 0 Å². The zero-order valence-electron chi connectivity index (χ0n) is 13.6. The quantitative estimate of drug-likeness (QED) is 0.802. The van der Waals surface area contributed by atoms with Crippen molar-refractivity contribution in [2.45, 2.75) is 38.0 Å². The number of benzene rings is 1. The molecule has 1 atom stereocenters. The molecule has 1 saturated carbocycles. The fourth-order valence-electron chi connectivity index (χ4n) is 3.98. The van der Waals surface area contributed by atoms with Crippen molar-refractivity contribution in [3.63, 3.8) is 0 Å². The molecule has 1 unspecified atom stereocenters. The Morgan fingerprint density at radius 3 is 2.35 bits per heavy atom. The number of carbonyl (C=O) groups excluding carboxylic acids is 2. The number of ether oxygens (including phenoxy) is 2. The van der Waals surface area contributed by atoms with Crippen LogP contribution < -0.4 is 0 Å². The van der Waals surface area contributed by atoms with Gasteiger partial charge in [0.2, 0.25) is 0 Å². The smallest absolute Gasteiger partial charge is 0.335 e. The van der Waals surface area contributed by atoms with Crippen molar-refractivity contribution in [1.82, 2.24) is 0 Å². The Bertz CT molecular complexity index is 653. The predicted molar refractivity (Wildman–Crippen MR) is 86.7 cm³/mol. The maximum atomic E-state index is 12.5. The van der Waals surface area contributed by atoms with Gasteiger partial charge in [0.05, 0.1) is 19.8 Å². The number of esters is 2. The number of allylic oxidation sites excluding steroid dienone is 1. The highest BCUT2D eigenvalue weighted by Gasteiger charge is 2.43. The van der Waals surface area contributed by atoms with Gasteiger partial charge in [-0.15, -0.1) is 0 Å². The zero-order valence-corrected chi connectivity index (χ0v) is 13.6. The van der Waals surface area contributed by atoms with E-state index in [1.807, 2.05) is 24.3 Å². The molecule has 1 fully saturated rings. The number of fused-ring (bicyclic) bond motifs is 1. The van der Waals surface area contributed by atoms with Crippen LogP contribution in [0.15, 0.2) is 29.8 Å². The lowest BCUT2D eigenvalue weighted by atomic mass is 9.80. The third-order valence-corrected chi connectivity index (χ3v) is 5.00. The second-order valence-corrected chi connectivity index (χ2v) is 6.20. The summed E-state index contributed by atoms with van der Waals surface area (Å²) in [6.07, 6.45) is 5.66. The van der Waals surface area contributed by atoms with E-state index in [1.165, 1.54) is 20.6 Å². The molecule has 0 spiro atoms. The van der Waals surface area contributed by atoms with E-state index in [2.05, 4.69) is 0 Å². The molecule has 1 aromatic carbocycles. The number of hydrogen-bond acceptors (Lipinski definition) is 4. The van der Waals surface area contributed by atoms with Gasteiger partial charge >= 0.3 is 11.9 Å². The Balaban J connectivity index is 2.17. The van der Waals surface area contributed by atoms with Gasteiger partial charge in [-0.2, -0.15) is 0 Å². The average molecular weight is 314 g/mol. The fraction of sp³-hybridized carbons (Fsp3) is 0.474. The molecule has 4 heteroatoms. The van der Waals surface area contributed by atoms with Crippen LogP contribution in [0.1, 0.15) is 49.1 Å². The minimum absolute atomic E-state index is 0.314. The third-order valence-electron chi connectivity index (χ3n) is 5.00. The van der Waals surface area contributed by atoms with Crippen molar-refractivity contribution in [2.24, 2.45) is 5.92 Å². The highest BCUT2D eigenvalue weighted by atomic mass is 16.5. The molecule has 1 aromatic rings. The molecule has 0 radical (unpaired) electrons. The fourth-order valence-corrected chi connectivity index (χ4v) is 3.98. The van der Waals surface area contributed by atoms with Crippen LogP contribution in [0, 0.1) is 5.92 Å². The van der Waals surface area contributed by atoms with Crippen LogP contribution in [0.2, 0.25) is 0 Å². The maximum absolute atomic E-state index is 12.5. The van der Waals surface area contributed by atoms with Crippen molar-refractivity contribution < 1.29 is 19.1 Å². The number of hydrogen-bond donors (Lipinski definition) is 0. The van der Waals surface area contributed by atoms with Crippen LogP contribution in [0.25, 0.3) is 5.57 Å². The van der Waals surface area contributed by atoms with Gasteiger partial charge in [0.15, 0.2) is 0 Å². The van der Waals surface area contributed by atoms with Gasteiger partial charge in [-0.3, -0.25) is 4.79 Å². The number of carbonyl (C=O) groups is 2. The summed E-state index contributed by atoms with van der Waals surface area (Å²) in [5, 5.41) is 0. The van der Waals surface area contributed by atoms with Gasteiger partial charge in [0.1, 0.15) is 5.92 Å². The second kappa shape index (κ2) is 6.57. The van der Waals surface area contributed by atoms with Crippen LogP contribution in [0.3, 0.4) is 0 Å². The third kappa shape index (κ3) is 2.67. The molecule has 3 rings (SSSR count). The lowest BCUT2D eigenvalue weighted by Crippen LogP contribution is -2.21. The summed E-state index contributed by atoms with van der Waals surface area (Å²) in [7, 11) is 2.73. The van der Waals surface area contributed by atoms with Crippen molar-refractivity contribution in [3.8, 4) is 0 Å². The normalized spacial score (nSPS) is 21.0. The first kappa shape index (κ1) is 15.8. The summed E-state index contributed by atoms with van der Waals surface area (Å²) in [6, 6.07) is 7.77. The Hall–Kier alpha value is -2.10. The minimum Gasteiger partial charge on any atom is -0.468 e. The van der Waals surface area contributed by atoms with Gasteiger partial charge in [0, 0.05) is 0 Å². The standard InChI is InChI=1S/C19H22O4/c1-22-18(20)16-14-11-7-6-10-13(14)15(17(16)19(21)23-2)12-8-4-3-5-9-12/h6-7,10-12,16H,3-5,8-9H2,1-2H3. The predicted octanol–water partition coefficient (Wildman–Crippen LogP) is 3.46. The largest absolute Gasteiger partial charge is 0.468 e. The molecule has 0 N–H and O–H groups in total. The monoisotopic (exact) mass is 314 g/mol. The molecular weight excluding hydrogens is 292 g/mol. The Morgan fingerprint density at radius 1 is 1.00 bits per heavy atom. The molecule has 23 heavy (non-hydrogen) atoms. The van der Waals surface area contributed by atoms with Crippen molar-refractivity contribution in [2.75, 3.05) is 14.2 Å². The van der Waals surface area contributed by atoms with Crippen molar-refractivity contribution in [1.29, 1.82) is 0 Å². The van der Waals surface area contributed by atoms with Gasteiger partial charge in [-0.05, 0) is 35.5 Å². The summed E-state index contributed by atoms with van der Waals surface area (Å²) >= 11 is 0. The van der Waals surface area contributed by atoms with E-state index < -0.39 is 17.9 Å². The average Bonchev–Trinajstić information content (AvgIpc) is 2.96. The van der Waals surface area contributed by atoms with Crippen LogP contribution in [0.4, 0.5) is 0 Å². The molecule has 2 aliphatic rings. The summed E-state index contributed by atoms with van der Waals surface area (Å²) < 4.78 is 9.98. The highest BCUT2D eigenvalue weighted by Crippen LogP contribution is 2.49. The molecule has 0 aromatic heterocycles. The lowest BCUT2D eigenvalue weighted by molar-refractivity contribution is -0.144. The van der Waals surface area contributed by atoms with E-state index in [-0.39, 0.29) is 0 Å². The van der Waals surface area contributed by atoms with E-state index in [4.69, 9.17) is 9.47 Å². The minimum atomic E-state index is -0.666. The summed E-state index contributed by atoms with van der Waals surface area (Å²) in [5.74, 6) is -1.17. The van der Waals surface area contributed by atoms with Crippen LogP contribution >= 0.6 is 0 Å². The molecule has 0 amide bonds. The highest BCUT2D eigenvalue weighted by molar-refractivity contribution is 6.09. The van der Waals surface area contributed by atoms with Crippen molar-refractivity contribution >= 4 is 17.5 Å². The van der Waals surface area contributed by atoms with Crippen LogP contribution in [-0.4, -0.2) is 26.2 Å². The van der Waals surface area contributed by atoms with Crippen LogP contribution in [0.5, 0.6) is 0 Å². The Kier molecular flexibility index (Phi) is 4.51. The van der Waals surface area contributed by atoms with E-state index >= 15 is 0 Å². The Morgan fingerprint density at radius 2 is 1.70 bits per heavy atom. The van der Waals surface area contributed by atoms with Gasteiger partial charge < -0.3 is 9.47 Å². The van der Waals surface area contributed by atoms with Gasteiger partial charge in [-0.1, -0.05) is 43.5 Å². The first-order valence-corrected chi connectivity index (χ1v) is 8.18. The Labute approximate surface area is 136 Å². The second-order valence-electron chi connectivity index (χ2n) is 6.20. The van der Waals surface area contributed by atoms with E-state index in [1.54, 1.807) is 0 Å². The molecule has 4 nitrogen and oxygen atoms in total. The number of rotatable bonds is 3. The summed E-state index contributed by atoms with van der Waals surface area (Å²) in [4.78, 5) is 24.9. The molecular formula is C19H22O4. The van der Waals surface area contributed by atoms with E-state index in [9.17, 15) is 9.59 Å². The zero-order chi connectivity index (χ0) is 16.4. The molecule has 0 bridgehead atoms. The molecule has 0 aliphatic heterocycles. The lowest BCUT2D eigenvalue weighted by Gasteiger charge is -2.24. The molecule has 122 valence electrons. The maximum Gasteiger partial charge on any atom is 0.335 e. The first-order valence-electron chi connectivity index (χ1n) is 8.18. The van der Waals surface area contributed by atoms with Gasteiger partial charge in [-0.25, -0.2) is 4.79 Å². The topological polar surface area (TPSA) is 52.6 Å². The van der Waals surface area contributed by atoms with E-state index in [0.29, 0.717) is 11.5 Å². The first-order chi connectivity index (χ1) is 11.2. The summed E-state index contributed by atoms with van der Waals surface area (Å²) in [6.45, 7) is 0. The molecule has 0 heterocycles. The van der Waals surface area contributed by atoms with Crippen LogP contribution in [-0.2, 0) is 19.1 Å². The SMILES string of the molecule is COC(=O)C1=C(C2CCCCC2)c2ccccc2C1C(=O)OC. The summed E-state index contributed by atoms with van der Waals surface area (Å²) in [5.41, 5.74) is 3.35. The van der Waals surface area contributed by atoms with E-state index in [0.717, 1.165) is 42.4 Å². The number of methoxy groups -OCH3 is 2. The van der Waals surface area contributed by atoms with Crippen molar-refractivity contribution in [3.05, 3.63) is 41.0 Å².